The standard InChI is InChI=1S/C20H23N5OS/c1-23(2)16-7-5-15(6-8-16)14-18(26)24-10-12-25(13-11-24)20-22-17-4-3-9-21-19(17)27-20/h3-9H,10-14H2,1-2H3. The number of pyridine rings is 1. The summed E-state index contributed by atoms with van der Waals surface area (Å²) < 4.78 is 0. The molecule has 4 rings (SSSR count). The SMILES string of the molecule is CN(C)c1ccc(CC(=O)N2CCN(c3nc4cccnc4s3)CC2)cc1. The first kappa shape index (κ1) is 17.7. The minimum atomic E-state index is 0.193. The molecule has 0 unspecified atom stereocenters. The summed E-state index contributed by atoms with van der Waals surface area (Å²) in [5.74, 6) is 0.193. The van der Waals surface area contributed by atoms with Crippen LogP contribution in [0.15, 0.2) is 42.6 Å². The van der Waals surface area contributed by atoms with Crippen LogP contribution in [0.4, 0.5) is 10.8 Å². The van der Waals surface area contributed by atoms with Gasteiger partial charge >= 0.3 is 0 Å². The highest BCUT2D eigenvalue weighted by Crippen LogP contribution is 2.27. The van der Waals surface area contributed by atoms with E-state index in [1.165, 1.54) is 0 Å². The van der Waals surface area contributed by atoms with Crippen LogP contribution in [0.25, 0.3) is 10.3 Å². The van der Waals surface area contributed by atoms with Gasteiger partial charge in [-0.15, -0.1) is 0 Å². The zero-order chi connectivity index (χ0) is 18.8. The summed E-state index contributed by atoms with van der Waals surface area (Å²) in [6.45, 7) is 3.09. The second-order valence-electron chi connectivity index (χ2n) is 6.93. The third-order valence-corrected chi connectivity index (χ3v) is 5.91. The largest absolute Gasteiger partial charge is 0.378 e. The van der Waals surface area contributed by atoms with E-state index in [1.54, 1.807) is 17.5 Å². The third-order valence-electron chi connectivity index (χ3n) is 4.87. The number of hydrogen-bond acceptors (Lipinski definition) is 6. The van der Waals surface area contributed by atoms with E-state index in [-0.39, 0.29) is 5.91 Å². The van der Waals surface area contributed by atoms with Gasteiger partial charge in [-0.3, -0.25) is 4.79 Å². The molecular weight excluding hydrogens is 358 g/mol. The molecule has 1 aliphatic rings. The number of carbonyl (C=O) groups excluding carboxylic acids is 1. The normalized spacial score (nSPS) is 14.6. The molecule has 0 N–H and O–H groups in total. The van der Waals surface area contributed by atoms with Crippen molar-refractivity contribution >= 4 is 38.4 Å². The van der Waals surface area contributed by atoms with Crippen LogP contribution in [0, 0.1) is 0 Å². The molecule has 27 heavy (non-hydrogen) atoms. The number of anilines is 2. The van der Waals surface area contributed by atoms with Gasteiger partial charge in [-0.1, -0.05) is 23.5 Å². The molecule has 6 nitrogen and oxygen atoms in total. The summed E-state index contributed by atoms with van der Waals surface area (Å²) in [7, 11) is 4.03. The molecule has 7 heteroatoms. The molecule has 0 aliphatic carbocycles. The van der Waals surface area contributed by atoms with Crippen LogP contribution in [0.1, 0.15) is 5.56 Å². The average Bonchev–Trinajstić information content (AvgIpc) is 3.13. The van der Waals surface area contributed by atoms with Crippen LogP contribution in [-0.2, 0) is 11.2 Å². The maximum Gasteiger partial charge on any atom is 0.227 e. The van der Waals surface area contributed by atoms with Crippen LogP contribution >= 0.6 is 11.3 Å². The summed E-state index contributed by atoms with van der Waals surface area (Å²) in [6.07, 6.45) is 2.25. The number of thiazole rings is 1. The second kappa shape index (κ2) is 7.52. The van der Waals surface area contributed by atoms with Crippen molar-refractivity contribution in [3.05, 3.63) is 48.2 Å². The van der Waals surface area contributed by atoms with E-state index < -0.39 is 0 Å². The monoisotopic (exact) mass is 381 g/mol. The molecule has 3 heterocycles. The summed E-state index contributed by atoms with van der Waals surface area (Å²) in [5, 5.41) is 0.995. The van der Waals surface area contributed by atoms with Crippen LogP contribution in [0.2, 0.25) is 0 Å². The van der Waals surface area contributed by atoms with Gasteiger partial charge in [0.25, 0.3) is 0 Å². The minimum absolute atomic E-state index is 0.193. The van der Waals surface area contributed by atoms with E-state index in [0.717, 1.165) is 52.9 Å². The number of rotatable bonds is 4. The van der Waals surface area contributed by atoms with Crippen molar-refractivity contribution in [3.63, 3.8) is 0 Å². The highest BCUT2D eigenvalue weighted by Gasteiger charge is 2.23. The van der Waals surface area contributed by atoms with Crippen molar-refractivity contribution in [1.29, 1.82) is 0 Å². The highest BCUT2D eigenvalue weighted by atomic mass is 32.1. The van der Waals surface area contributed by atoms with Crippen molar-refractivity contribution in [3.8, 4) is 0 Å². The molecule has 140 valence electrons. The predicted molar refractivity (Wildman–Crippen MR) is 111 cm³/mol. The summed E-state index contributed by atoms with van der Waals surface area (Å²) in [4.78, 5) is 28.9. The number of benzene rings is 1. The lowest BCUT2D eigenvalue weighted by Gasteiger charge is -2.34. The fourth-order valence-electron chi connectivity index (χ4n) is 3.24. The van der Waals surface area contributed by atoms with Gasteiger partial charge in [0, 0.05) is 52.2 Å². The Hall–Kier alpha value is -2.67. The van der Waals surface area contributed by atoms with E-state index in [4.69, 9.17) is 0 Å². The number of carbonyl (C=O) groups is 1. The second-order valence-corrected chi connectivity index (χ2v) is 7.89. The maximum atomic E-state index is 12.6. The van der Waals surface area contributed by atoms with Crippen molar-refractivity contribution in [2.45, 2.75) is 6.42 Å². The Morgan fingerprint density at radius 3 is 2.52 bits per heavy atom. The fourth-order valence-corrected chi connectivity index (χ4v) is 4.20. The number of fused-ring (bicyclic) bond motifs is 1. The zero-order valence-electron chi connectivity index (χ0n) is 15.6. The van der Waals surface area contributed by atoms with Gasteiger partial charge in [0.2, 0.25) is 5.91 Å². The Bertz CT molecular complexity index is 896. The molecule has 0 bridgehead atoms. The molecule has 0 atom stereocenters. The van der Waals surface area contributed by atoms with Crippen molar-refractivity contribution in [2.24, 2.45) is 0 Å². The molecule has 2 aromatic heterocycles. The molecule has 0 spiro atoms. The molecule has 1 amide bonds. The zero-order valence-corrected chi connectivity index (χ0v) is 16.4. The Balaban J connectivity index is 1.34. The van der Waals surface area contributed by atoms with Gasteiger partial charge in [0.1, 0.15) is 10.3 Å². The number of hydrogen-bond donors (Lipinski definition) is 0. The molecule has 1 aliphatic heterocycles. The van der Waals surface area contributed by atoms with Gasteiger partial charge in [0.05, 0.1) is 6.42 Å². The molecular formula is C20H23N5OS. The molecule has 0 radical (unpaired) electrons. The van der Waals surface area contributed by atoms with Gasteiger partial charge in [-0.2, -0.15) is 0 Å². The Morgan fingerprint density at radius 1 is 1.11 bits per heavy atom. The van der Waals surface area contributed by atoms with E-state index in [0.29, 0.717) is 6.42 Å². The first-order valence-electron chi connectivity index (χ1n) is 9.11. The van der Waals surface area contributed by atoms with Crippen LogP contribution in [0.5, 0.6) is 0 Å². The molecule has 3 aromatic rings. The van der Waals surface area contributed by atoms with Crippen LogP contribution in [-0.4, -0.2) is 61.0 Å². The van der Waals surface area contributed by atoms with Gasteiger partial charge in [-0.25, -0.2) is 9.97 Å². The fraction of sp³-hybridized carbons (Fsp3) is 0.350. The minimum Gasteiger partial charge on any atom is -0.378 e. The predicted octanol–water partition coefficient (Wildman–Crippen LogP) is 2.65. The number of aromatic nitrogens is 2. The number of amides is 1. The van der Waals surface area contributed by atoms with E-state index in [2.05, 4.69) is 31.9 Å². The average molecular weight is 382 g/mol. The van der Waals surface area contributed by atoms with Gasteiger partial charge in [0.15, 0.2) is 5.13 Å². The number of nitrogens with zero attached hydrogens (tertiary/aromatic N) is 5. The molecule has 1 aromatic carbocycles. The Kier molecular flexibility index (Phi) is 4.94. The maximum absolute atomic E-state index is 12.6. The topological polar surface area (TPSA) is 52.6 Å². The molecule has 1 fully saturated rings. The Labute approximate surface area is 163 Å². The molecule has 0 saturated carbocycles. The van der Waals surface area contributed by atoms with Crippen molar-refractivity contribution in [2.75, 3.05) is 50.1 Å². The van der Waals surface area contributed by atoms with Gasteiger partial charge < -0.3 is 14.7 Å². The first-order chi connectivity index (χ1) is 13.1. The third kappa shape index (κ3) is 3.88. The number of piperazine rings is 1. The van der Waals surface area contributed by atoms with Crippen molar-refractivity contribution < 1.29 is 4.79 Å². The molecule has 1 saturated heterocycles. The van der Waals surface area contributed by atoms with Gasteiger partial charge in [-0.05, 0) is 29.8 Å². The summed E-state index contributed by atoms with van der Waals surface area (Å²) in [5.41, 5.74) is 3.15. The lowest BCUT2D eigenvalue weighted by atomic mass is 10.1. The van der Waals surface area contributed by atoms with Crippen LogP contribution < -0.4 is 9.80 Å². The summed E-state index contributed by atoms with van der Waals surface area (Å²) >= 11 is 1.62. The van der Waals surface area contributed by atoms with E-state index in [1.807, 2.05) is 43.3 Å². The summed E-state index contributed by atoms with van der Waals surface area (Å²) in [6, 6.07) is 12.1. The first-order valence-corrected chi connectivity index (χ1v) is 9.92. The van der Waals surface area contributed by atoms with E-state index >= 15 is 0 Å². The highest BCUT2D eigenvalue weighted by molar-refractivity contribution is 7.21. The van der Waals surface area contributed by atoms with Crippen molar-refractivity contribution in [1.82, 2.24) is 14.9 Å². The lowest BCUT2D eigenvalue weighted by molar-refractivity contribution is -0.130. The lowest BCUT2D eigenvalue weighted by Crippen LogP contribution is -2.49. The smallest absolute Gasteiger partial charge is 0.227 e. The quantitative estimate of drug-likeness (QED) is 0.695. The van der Waals surface area contributed by atoms with Crippen LogP contribution in [0.3, 0.4) is 0 Å². The van der Waals surface area contributed by atoms with E-state index in [9.17, 15) is 4.79 Å². The Morgan fingerprint density at radius 2 is 1.85 bits per heavy atom.